The zero-order chi connectivity index (χ0) is 18.6. The molecule has 0 radical (unpaired) electrons. The predicted octanol–water partition coefficient (Wildman–Crippen LogP) is 3.55. The number of unbranched alkanes of at least 4 members (excludes halogenated alkanes) is 2. The Hall–Kier alpha value is -1.30. The van der Waals surface area contributed by atoms with E-state index in [9.17, 15) is 14.7 Å². The van der Waals surface area contributed by atoms with Crippen molar-refractivity contribution in [3.8, 4) is 0 Å². The lowest BCUT2D eigenvalue weighted by molar-refractivity contribution is -0.139. The molecule has 0 aliphatic heterocycles. The van der Waals surface area contributed by atoms with E-state index in [-0.39, 0.29) is 6.54 Å². The van der Waals surface area contributed by atoms with E-state index in [0.717, 1.165) is 18.8 Å². The van der Waals surface area contributed by atoms with Crippen molar-refractivity contribution in [3.63, 3.8) is 0 Å². The molecule has 0 aromatic heterocycles. The third-order valence-corrected chi connectivity index (χ3v) is 3.86. The first-order valence-corrected chi connectivity index (χ1v) is 9.08. The third kappa shape index (κ3) is 13.2. The molecule has 0 aromatic carbocycles. The Morgan fingerprint density at radius 3 is 2.29 bits per heavy atom. The average molecular weight is 344 g/mol. The summed E-state index contributed by atoms with van der Waals surface area (Å²) in [5.74, 6) is -0.121. The SMILES string of the molecule is CC[C@H](C)CCCCCN[C@@H](CCNC(=O)OC(C)(C)C)C(=O)O. The number of nitrogens with one attached hydrogen (secondary N) is 2. The standard InChI is InChI=1S/C18H36N2O4/c1-6-14(2)10-8-7-9-12-19-15(16(21)22)11-13-20-17(23)24-18(3,4)5/h14-15,19H,6-13H2,1-5H3,(H,20,23)(H,21,22)/t14-,15-/m0/s1. The highest BCUT2D eigenvalue weighted by Gasteiger charge is 2.18. The van der Waals surface area contributed by atoms with Crippen molar-refractivity contribution in [2.45, 2.75) is 84.8 Å². The maximum atomic E-state index is 11.5. The van der Waals surface area contributed by atoms with Crippen LogP contribution in [0.15, 0.2) is 0 Å². The molecular weight excluding hydrogens is 308 g/mol. The van der Waals surface area contributed by atoms with E-state index >= 15 is 0 Å². The monoisotopic (exact) mass is 344 g/mol. The summed E-state index contributed by atoms with van der Waals surface area (Å²) < 4.78 is 5.12. The van der Waals surface area contributed by atoms with Crippen molar-refractivity contribution in [2.75, 3.05) is 13.1 Å². The van der Waals surface area contributed by atoms with Crippen LogP contribution in [0.5, 0.6) is 0 Å². The first-order valence-electron chi connectivity index (χ1n) is 9.08. The van der Waals surface area contributed by atoms with Crippen LogP contribution in [-0.4, -0.2) is 41.9 Å². The number of aliphatic carboxylic acids is 1. The molecule has 3 N–H and O–H groups in total. The molecule has 0 fully saturated rings. The fourth-order valence-electron chi connectivity index (χ4n) is 2.22. The number of carboxylic acids is 1. The number of carboxylic acid groups (broad SMARTS) is 1. The van der Waals surface area contributed by atoms with E-state index in [2.05, 4.69) is 24.5 Å². The summed E-state index contributed by atoms with van der Waals surface area (Å²) in [7, 11) is 0. The molecule has 0 bridgehead atoms. The van der Waals surface area contributed by atoms with Crippen LogP contribution in [0.3, 0.4) is 0 Å². The largest absolute Gasteiger partial charge is 0.480 e. The Kier molecular flexibility index (Phi) is 11.5. The third-order valence-electron chi connectivity index (χ3n) is 3.86. The highest BCUT2D eigenvalue weighted by molar-refractivity contribution is 5.73. The normalized spacial score (nSPS) is 14.0. The molecule has 0 aliphatic carbocycles. The molecule has 0 heterocycles. The van der Waals surface area contributed by atoms with Gasteiger partial charge in [0.05, 0.1) is 0 Å². The van der Waals surface area contributed by atoms with Crippen LogP contribution in [0.4, 0.5) is 4.79 Å². The van der Waals surface area contributed by atoms with E-state index in [1.54, 1.807) is 20.8 Å². The molecule has 1 amide bonds. The summed E-state index contributed by atoms with van der Waals surface area (Å²) in [6.07, 6.45) is 5.54. The summed E-state index contributed by atoms with van der Waals surface area (Å²) >= 11 is 0. The summed E-state index contributed by atoms with van der Waals surface area (Å²) in [5.41, 5.74) is -0.552. The quantitative estimate of drug-likeness (QED) is 0.471. The molecule has 0 aromatic rings. The van der Waals surface area contributed by atoms with Gasteiger partial charge in [-0.2, -0.15) is 0 Å². The van der Waals surface area contributed by atoms with Gasteiger partial charge < -0.3 is 20.5 Å². The second-order valence-corrected chi connectivity index (χ2v) is 7.43. The Morgan fingerprint density at radius 1 is 1.08 bits per heavy atom. The molecule has 0 spiro atoms. The van der Waals surface area contributed by atoms with Gasteiger partial charge in [0.2, 0.25) is 0 Å². The Balaban J connectivity index is 3.86. The minimum Gasteiger partial charge on any atom is -0.480 e. The van der Waals surface area contributed by atoms with E-state index in [1.165, 1.54) is 19.3 Å². The topological polar surface area (TPSA) is 87.7 Å². The minimum absolute atomic E-state index is 0.271. The average Bonchev–Trinajstić information content (AvgIpc) is 2.46. The molecule has 0 saturated carbocycles. The van der Waals surface area contributed by atoms with Gasteiger partial charge in [-0.3, -0.25) is 4.79 Å². The lowest BCUT2D eigenvalue weighted by atomic mass is 10.0. The van der Waals surface area contributed by atoms with Gasteiger partial charge in [-0.05, 0) is 46.1 Å². The van der Waals surface area contributed by atoms with Gasteiger partial charge >= 0.3 is 12.1 Å². The van der Waals surface area contributed by atoms with Crippen molar-refractivity contribution < 1.29 is 19.4 Å². The van der Waals surface area contributed by atoms with Crippen molar-refractivity contribution in [3.05, 3.63) is 0 Å². The van der Waals surface area contributed by atoms with Gasteiger partial charge in [0, 0.05) is 6.54 Å². The van der Waals surface area contributed by atoms with Crippen LogP contribution in [0, 0.1) is 5.92 Å². The second-order valence-electron chi connectivity index (χ2n) is 7.43. The Bertz CT molecular complexity index is 367. The van der Waals surface area contributed by atoms with Gasteiger partial charge in [0.15, 0.2) is 0 Å². The van der Waals surface area contributed by atoms with Crippen molar-refractivity contribution in [1.29, 1.82) is 0 Å². The van der Waals surface area contributed by atoms with Crippen LogP contribution < -0.4 is 10.6 Å². The fourth-order valence-corrected chi connectivity index (χ4v) is 2.22. The smallest absolute Gasteiger partial charge is 0.407 e. The number of amides is 1. The molecule has 0 unspecified atom stereocenters. The zero-order valence-corrected chi connectivity index (χ0v) is 16.0. The lowest BCUT2D eigenvalue weighted by Gasteiger charge is -2.20. The molecule has 6 nitrogen and oxygen atoms in total. The Morgan fingerprint density at radius 2 is 1.75 bits per heavy atom. The van der Waals surface area contributed by atoms with Crippen LogP contribution in [0.1, 0.15) is 73.1 Å². The van der Waals surface area contributed by atoms with Crippen molar-refractivity contribution >= 4 is 12.1 Å². The minimum atomic E-state index is -0.888. The lowest BCUT2D eigenvalue weighted by Crippen LogP contribution is -2.41. The molecule has 0 aliphatic rings. The first-order chi connectivity index (χ1) is 11.2. The first kappa shape index (κ1) is 22.7. The van der Waals surface area contributed by atoms with Crippen LogP contribution in [0.2, 0.25) is 0 Å². The number of hydrogen-bond donors (Lipinski definition) is 3. The summed E-state index contributed by atoms with van der Waals surface area (Å²) in [6.45, 7) is 10.8. The van der Waals surface area contributed by atoms with E-state index in [0.29, 0.717) is 13.0 Å². The van der Waals surface area contributed by atoms with E-state index < -0.39 is 23.7 Å². The zero-order valence-electron chi connectivity index (χ0n) is 16.0. The van der Waals surface area contributed by atoms with E-state index in [1.807, 2.05) is 0 Å². The van der Waals surface area contributed by atoms with Crippen LogP contribution in [0.25, 0.3) is 0 Å². The number of ether oxygens (including phenoxy) is 1. The highest BCUT2D eigenvalue weighted by atomic mass is 16.6. The molecular formula is C18H36N2O4. The van der Waals surface area contributed by atoms with Crippen LogP contribution in [-0.2, 0) is 9.53 Å². The van der Waals surface area contributed by atoms with Gasteiger partial charge in [-0.15, -0.1) is 0 Å². The molecule has 0 saturated heterocycles. The summed E-state index contributed by atoms with van der Waals surface area (Å²) in [6, 6.07) is -0.644. The van der Waals surface area contributed by atoms with Gasteiger partial charge in [-0.25, -0.2) is 4.79 Å². The van der Waals surface area contributed by atoms with Gasteiger partial charge in [0.25, 0.3) is 0 Å². The number of rotatable bonds is 12. The summed E-state index contributed by atoms with van der Waals surface area (Å²) in [5, 5.41) is 14.9. The molecule has 24 heavy (non-hydrogen) atoms. The molecule has 0 rings (SSSR count). The number of carbonyl (C=O) groups excluding carboxylic acids is 1. The Labute approximate surface area is 146 Å². The van der Waals surface area contributed by atoms with Gasteiger partial charge in [-0.1, -0.05) is 39.5 Å². The maximum absolute atomic E-state index is 11.5. The number of carbonyl (C=O) groups is 2. The summed E-state index contributed by atoms with van der Waals surface area (Å²) in [4.78, 5) is 22.8. The van der Waals surface area contributed by atoms with Gasteiger partial charge in [0.1, 0.15) is 11.6 Å². The predicted molar refractivity (Wildman–Crippen MR) is 96.2 cm³/mol. The van der Waals surface area contributed by atoms with Crippen LogP contribution >= 0.6 is 0 Å². The highest BCUT2D eigenvalue weighted by Crippen LogP contribution is 2.12. The van der Waals surface area contributed by atoms with E-state index in [4.69, 9.17) is 4.74 Å². The number of alkyl carbamates (subject to hydrolysis) is 1. The van der Waals surface area contributed by atoms with Crippen molar-refractivity contribution in [2.24, 2.45) is 5.92 Å². The molecule has 142 valence electrons. The molecule has 6 heteroatoms. The fraction of sp³-hybridized carbons (Fsp3) is 0.889. The van der Waals surface area contributed by atoms with Crippen molar-refractivity contribution in [1.82, 2.24) is 10.6 Å². The second kappa shape index (κ2) is 12.1. The molecule has 2 atom stereocenters. The maximum Gasteiger partial charge on any atom is 0.407 e. The number of hydrogen-bond acceptors (Lipinski definition) is 4.